The Morgan fingerprint density at radius 1 is 0.947 bits per heavy atom. The number of hydrogen-bond acceptors (Lipinski definition) is 1. The van der Waals surface area contributed by atoms with Gasteiger partial charge in [-0.3, -0.25) is 0 Å². The molecule has 0 saturated carbocycles. The van der Waals surface area contributed by atoms with Gasteiger partial charge in [0.1, 0.15) is 5.60 Å². The van der Waals surface area contributed by atoms with E-state index in [9.17, 15) is 5.11 Å². The van der Waals surface area contributed by atoms with E-state index in [-0.39, 0.29) is 0 Å². The molecule has 0 amide bonds. The molecule has 1 atom stereocenters. The van der Waals surface area contributed by atoms with Gasteiger partial charge in [0.05, 0.1) is 10.0 Å². The molecule has 0 bridgehead atoms. The maximum Gasteiger partial charge on any atom is 0.112 e. The van der Waals surface area contributed by atoms with Crippen molar-refractivity contribution in [3.05, 3.63) is 68.7 Å². The number of aryl methyl sites for hydroxylation is 2. The molecule has 1 unspecified atom stereocenters. The summed E-state index contributed by atoms with van der Waals surface area (Å²) in [6.07, 6.45) is 0. The van der Waals surface area contributed by atoms with Crippen LogP contribution in [0.2, 0.25) is 10.0 Å². The fourth-order valence-corrected chi connectivity index (χ4v) is 2.51. The van der Waals surface area contributed by atoms with Crippen LogP contribution in [-0.4, -0.2) is 5.11 Å². The first kappa shape index (κ1) is 14.4. The summed E-state index contributed by atoms with van der Waals surface area (Å²) in [6.45, 7) is 5.77. The molecule has 100 valence electrons. The SMILES string of the molecule is Cc1ccc(C)c(C(C)(O)c2ccc(Cl)c(Cl)c2)c1. The van der Waals surface area contributed by atoms with Gasteiger partial charge in [-0.05, 0) is 49.6 Å². The van der Waals surface area contributed by atoms with Crippen LogP contribution in [0.15, 0.2) is 36.4 Å². The lowest BCUT2D eigenvalue weighted by molar-refractivity contribution is 0.101. The van der Waals surface area contributed by atoms with Gasteiger partial charge in [0.25, 0.3) is 0 Å². The molecule has 0 aliphatic carbocycles. The topological polar surface area (TPSA) is 20.2 Å². The second-order valence-electron chi connectivity index (χ2n) is 5.02. The van der Waals surface area contributed by atoms with Crippen LogP contribution in [0.3, 0.4) is 0 Å². The average molecular weight is 295 g/mol. The van der Waals surface area contributed by atoms with Crippen molar-refractivity contribution in [1.82, 2.24) is 0 Å². The van der Waals surface area contributed by atoms with Crippen LogP contribution in [0, 0.1) is 13.8 Å². The highest BCUT2D eigenvalue weighted by molar-refractivity contribution is 6.42. The van der Waals surface area contributed by atoms with Crippen LogP contribution in [0.4, 0.5) is 0 Å². The molecule has 0 radical (unpaired) electrons. The Morgan fingerprint density at radius 3 is 2.26 bits per heavy atom. The molecule has 0 aromatic heterocycles. The van der Waals surface area contributed by atoms with E-state index in [4.69, 9.17) is 23.2 Å². The molecule has 0 aliphatic rings. The van der Waals surface area contributed by atoms with E-state index in [1.165, 1.54) is 0 Å². The summed E-state index contributed by atoms with van der Waals surface area (Å²) in [5.74, 6) is 0. The van der Waals surface area contributed by atoms with E-state index in [2.05, 4.69) is 0 Å². The van der Waals surface area contributed by atoms with E-state index in [1.54, 1.807) is 25.1 Å². The zero-order valence-corrected chi connectivity index (χ0v) is 12.7. The average Bonchev–Trinajstić information content (AvgIpc) is 2.35. The van der Waals surface area contributed by atoms with Crippen LogP contribution < -0.4 is 0 Å². The molecule has 2 aromatic carbocycles. The molecular formula is C16H16Cl2O. The van der Waals surface area contributed by atoms with Gasteiger partial charge in [0, 0.05) is 0 Å². The van der Waals surface area contributed by atoms with Crippen molar-refractivity contribution in [2.24, 2.45) is 0 Å². The fourth-order valence-electron chi connectivity index (χ4n) is 2.21. The predicted molar refractivity (Wildman–Crippen MR) is 81.1 cm³/mol. The van der Waals surface area contributed by atoms with Crippen LogP contribution >= 0.6 is 23.2 Å². The molecule has 2 aromatic rings. The molecule has 0 fully saturated rings. The Bertz CT molecular complexity index is 618. The predicted octanol–water partition coefficient (Wildman–Crippen LogP) is 4.87. The third kappa shape index (κ3) is 2.79. The maximum absolute atomic E-state index is 10.9. The van der Waals surface area contributed by atoms with E-state index in [0.29, 0.717) is 10.0 Å². The minimum atomic E-state index is -1.09. The Hall–Kier alpha value is -1.02. The normalized spacial score (nSPS) is 14.2. The van der Waals surface area contributed by atoms with Crippen molar-refractivity contribution in [2.45, 2.75) is 26.4 Å². The summed E-state index contributed by atoms with van der Waals surface area (Å²) < 4.78 is 0. The molecule has 1 nitrogen and oxygen atoms in total. The molecule has 2 rings (SSSR count). The minimum absolute atomic E-state index is 0.449. The number of halogens is 2. The lowest BCUT2D eigenvalue weighted by Gasteiger charge is -2.27. The Morgan fingerprint density at radius 2 is 1.63 bits per heavy atom. The Balaban J connectivity index is 2.57. The van der Waals surface area contributed by atoms with Crippen molar-refractivity contribution >= 4 is 23.2 Å². The van der Waals surface area contributed by atoms with E-state index >= 15 is 0 Å². The molecule has 19 heavy (non-hydrogen) atoms. The summed E-state index contributed by atoms with van der Waals surface area (Å²) in [5.41, 5.74) is 2.67. The van der Waals surface area contributed by atoms with Crippen molar-refractivity contribution < 1.29 is 5.11 Å². The highest BCUT2D eigenvalue weighted by Gasteiger charge is 2.27. The Kier molecular flexibility index (Phi) is 3.91. The van der Waals surface area contributed by atoms with E-state index < -0.39 is 5.60 Å². The minimum Gasteiger partial charge on any atom is -0.381 e. The molecule has 3 heteroatoms. The van der Waals surface area contributed by atoms with Gasteiger partial charge in [0.2, 0.25) is 0 Å². The summed E-state index contributed by atoms with van der Waals surface area (Å²) in [5, 5.41) is 11.8. The van der Waals surface area contributed by atoms with Crippen LogP contribution in [0.5, 0.6) is 0 Å². The van der Waals surface area contributed by atoms with Gasteiger partial charge < -0.3 is 5.11 Å². The first-order chi connectivity index (χ1) is 8.82. The molecule has 1 N–H and O–H groups in total. The molecule has 0 aliphatic heterocycles. The second kappa shape index (κ2) is 5.16. The van der Waals surface area contributed by atoms with E-state index in [1.807, 2.05) is 32.0 Å². The number of rotatable bonds is 2. The maximum atomic E-state index is 10.9. The molecule has 0 heterocycles. The van der Waals surface area contributed by atoms with Crippen LogP contribution in [-0.2, 0) is 5.60 Å². The van der Waals surface area contributed by atoms with Crippen LogP contribution in [0.1, 0.15) is 29.2 Å². The smallest absolute Gasteiger partial charge is 0.112 e. The highest BCUT2D eigenvalue weighted by Crippen LogP contribution is 2.35. The van der Waals surface area contributed by atoms with E-state index in [0.717, 1.165) is 22.3 Å². The van der Waals surface area contributed by atoms with Crippen molar-refractivity contribution in [3.63, 3.8) is 0 Å². The summed E-state index contributed by atoms with van der Waals surface area (Å²) >= 11 is 12.0. The van der Waals surface area contributed by atoms with Gasteiger partial charge in [0.15, 0.2) is 0 Å². The van der Waals surface area contributed by atoms with Gasteiger partial charge in [-0.1, -0.05) is 53.0 Å². The monoisotopic (exact) mass is 294 g/mol. The summed E-state index contributed by atoms with van der Waals surface area (Å²) in [4.78, 5) is 0. The Labute approximate surface area is 123 Å². The largest absolute Gasteiger partial charge is 0.381 e. The number of aliphatic hydroxyl groups is 1. The number of hydrogen-bond donors (Lipinski definition) is 1. The first-order valence-electron chi connectivity index (χ1n) is 6.08. The van der Waals surface area contributed by atoms with Gasteiger partial charge in [-0.15, -0.1) is 0 Å². The fraction of sp³-hybridized carbons (Fsp3) is 0.250. The summed E-state index contributed by atoms with van der Waals surface area (Å²) in [6, 6.07) is 11.3. The third-order valence-corrected chi connectivity index (χ3v) is 4.14. The molecular weight excluding hydrogens is 279 g/mol. The van der Waals surface area contributed by atoms with Crippen molar-refractivity contribution in [1.29, 1.82) is 0 Å². The lowest BCUT2D eigenvalue weighted by atomic mass is 9.85. The zero-order valence-electron chi connectivity index (χ0n) is 11.2. The summed E-state index contributed by atoms with van der Waals surface area (Å²) in [7, 11) is 0. The van der Waals surface area contributed by atoms with Gasteiger partial charge in [-0.25, -0.2) is 0 Å². The quantitative estimate of drug-likeness (QED) is 0.838. The molecule has 0 saturated heterocycles. The molecule has 0 spiro atoms. The van der Waals surface area contributed by atoms with Crippen LogP contribution in [0.25, 0.3) is 0 Å². The first-order valence-corrected chi connectivity index (χ1v) is 6.83. The van der Waals surface area contributed by atoms with Gasteiger partial charge in [-0.2, -0.15) is 0 Å². The highest BCUT2D eigenvalue weighted by atomic mass is 35.5. The zero-order chi connectivity index (χ0) is 14.2. The second-order valence-corrected chi connectivity index (χ2v) is 5.83. The standard InChI is InChI=1S/C16H16Cl2O/c1-10-4-5-11(2)13(8-10)16(3,19)12-6-7-14(17)15(18)9-12/h4-9,19H,1-3H3. The van der Waals surface area contributed by atoms with Gasteiger partial charge >= 0.3 is 0 Å². The van der Waals surface area contributed by atoms with Crippen molar-refractivity contribution in [3.8, 4) is 0 Å². The third-order valence-electron chi connectivity index (χ3n) is 3.40. The van der Waals surface area contributed by atoms with Crippen molar-refractivity contribution in [2.75, 3.05) is 0 Å². The number of benzene rings is 2. The lowest BCUT2D eigenvalue weighted by Crippen LogP contribution is -2.24.